The minimum Gasteiger partial charge on any atom is -0.493 e. The van der Waals surface area contributed by atoms with Crippen LogP contribution in [0, 0.1) is 0 Å². The third-order valence-corrected chi connectivity index (χ3v) is 3.24. The fourth-order valence-electron chi connectivity index (χ4n) is 2.44. The van der Waals surface area contributed by atoms with Crippen molar-refractivity contribution in [2.75, 3.05) is 6.61 Å². The molecule has 2 aliphatic rings. The Hall–Kier alpha value is -0.980. The lowest BCUT2D eigenvalue weighted by molar-refractivity contribution is 0.337. The molecule has 0 aromatic heterocycles. The van der Waals surface area contributed by atoms with Gasteiger partial charge in [-0.1, -0.05) is 13.0 Å². The molecule has 0 N–H and O–H groups in total. The Morgan fingerprint density at radius 2 is 2.00 bits per heavy atom. The highest BCUT2D eigenvalue weighted by molar-refractivity contribution is 5.48. The first-order chi connectivity index (χ1) is 6.34. The van der Waals surface area contributed by atoms with E-state index in [1.54, 1.807) is 5.56 Å². The average molecular weight is 174 g/mol. The van der Waals surface area contributed by atoms with Gasteiger partial charge in [0, 0.05) is 11.5 Å². The summed E-state index contributed by atoms with van der Waals surface area (Å²) in [5.74, 6) is 1.74. The van der Waals surface area contributed by atoms with E-state index in [2.05, 4.69) is 19.1 Å². The van der Waals surface area contributed by atoms with E-state index in [0.717, 1.165) is 12.4 Å². The number of ether oxygens (including phenoxy) is 1. The number of fused-ring (bicyclic) bond motifs is 2. The zero-order chi connectivity index (χ0) is 8.84. The second-order valence-electron chi connectivity index (χ2n) is 4.22. The van der Waals surface area contributed by atoms with Crippen molar-refractivity contribution in [3.63, 3.8) is 0 Å². The largest absolute Gasteiger partial charge is 0.493 e. The summed E-state index contributed by atoms with van der Waals surface area (Å²) in [6.07, 6.45) is 3.85. The van der Waals surface area contributed by atoms with Crippen molar-refractivity contribution in [3.8, 4) is 5.75 Å². The Labute approximate surface area is 78.7 Å². The van der Waals surface area contributed by atoms with E-state index in [9.17, 15) is 0 Å². The number of rotatable bonds is 0. The van der Waals surface area contributed by atoms with Gasteiger partial charge >= 0.3 is 0 Å². The van der Waals surface area contributed by atoms with E-state index in [-0.39, 0.29) is 0 Å². The Balaban J connectivity index is 2.16. The Morgan fingerprint density at radius 1 is 1.23 bits per heavy atom. The lowest BCUT2D eigenvalue weighted by Crippen LogP contribution is -1.93. The Morgan fingerprint density at radius 3 is 2.85 bits per heavy atom. The maximum Gasteiger partial charge on any atom is 0.123 e. The summed E-state index contributed by atoms with van der Waals surface area (Å²) in [6.45, 7) is 3.12. The molecule has 3 rings (SSSR count). The summed E-state index contributed by atoms with van der Waals surface area (Å²) >= 11 is 0. The molecule has 1 unspecified atom stereocenters. The van der Waals surface area contributed by atoms with E-state index in [4.69, 9.17) is 4.74 Å². The molecule has 1 aromatic carbocycles. The molecule has 13 heavy (non-hydrogen) atoms. The molecule has 0 saturated carbocycles. The third kappa shape index (κ3) is 0.995. The van der Waals surface area contributed by atoms with Crippen LogP contribution >= 0.6 is 0 Å². The SMILES string of the molecule is CC1COc2cc3c(cc21)CCC3. The molecule has 1 atom stereocenters. The molecule has 1 heterocycles. The molecule has 1 aliphatic carbocycles. The van der Waals surface area contributed by atoms with Gasteiger partial charge in [-0.15, -0.1) is 0 Å². The summed E-state index contributed by atoms with van der Waals surface area (Å²) in [7, 11) is 0. The summed E-state index contributed by atoms with van der Waals surface area (Å²) in [5.41, 5.74) is 4.52. The third-order valence-electron chi connectivity index (χ3n) is 3.24. The first kappa shape index (κ1) is 7.43. The average Bonchev–Trinajstić information content (AvgIpc) is 2.70. The number of aryl methyl sites for hydroxylation is 2. The number of benzene rings is 1. The Bertz CT molecular complexity index is 354. The lowest BCUT2D eigenvalue weighted by Gasteiger charge is -2.04. The molecule has 1 aromatic rings. The summed E-state index contributed by atoms with van der Waals surface area (Å²) in [5, 5.41) is 0. The first-order valence-electron chi connectivity index (χ1n) is 5.13. The van der Waals surface area contributed by atoms with Gasteiger partial charge in [0.05, 0.1) is 6.61 Å². The van der Waals surface area contributed by atoms with Crippen molar-refractivity contribution in [1.29, 1.82) is 0 Å². The van der Waals surface area contributed by atoms with E-state index >= 15 is 0 Å². The first-order valence-corrected chi connectivity index (χ1v) is 5.13. The van der Waals surface area contributed by atoms with Crippen LogP contribution in [0.25, 0.3) is 0 Å². The summed E-state index contributed by atoms with van der Waals surface area (Å²) in [4.78, 5) is 0. The number of hydrogen-bond donors (Lipinski definition) is 0. The second kappa shape index (κ2) is 2.50. The highest BCUT2D eigenvalue weighted by Gasteiger charge is 2.23. The van der Waals surface area contributed by atoms with Gasteiger partial charge < -0.3 is 4.74 Å². The van der Waals surface area contributed by atoms with E-state index in [0.29, 0.717) is 5.92 Å². The summed E-state index contributed by atoms with van der Waals surface area (Å²) < 4.78 is 5.64. The molecular formula is C12H14O. The number of hydrogen-bond acceptors (Lipinski definition) is 1. The van der Waals surface area contributed by atoms with Crippen molar-refractivity contribution >= 4 is 0 Å². The molecule has 1 nitrogen and oxygen atoms in total. The topological polar surface area (TPSA) is 9.23 Å². The fraction of sp³-hybridized carbons (Fsp3) is 0.500. The normalized spacial score (nSPS) is 23.9. The van der Waals surface area contributed by atoms with Gasteiger partial charge in [0.1, 0.15) is 5.75 Å². The molecule has 1 heteroatoms. The van der Waals surface area contributed by atoms with Crippen LogP contribution in [0.15, 0.2) is 12.1 Å². The van der Waals surface area contributed by atoms with Crippen molar-refractivity contribution in [3.05, 3.63) is 28.8 Å². The van der Waals surface area contributed by atoms with Crippen LogP contribution in [0.1, 0.15) is 36.0 Å². The van der Waals surface area contributed by atoms with Gasteiger partial charge in [0.2, 0.25) is 0 Å². The van der Waals surface area contributed by atoms with Gasteiger partial charge in [-0.3, -0.25) is 0 Å². The molecule has 68 valence electrons. The molecule has 1 aliphatic heterocycles. The van der Waals surface area contributed by atoms with Crippen LogP contribution in [0.5, 0.6) is 5.75 Å². The standard InChI is InChI=1S/C12H14O/c1-8-7-13-12-6-10-4-2-3-9(10)5-11(8)12/h5-6,8H,2-4,7H2,1H3. The highest BCUT2D eigenvalue weighted by Crippen LogP contribution is 2.38. The smallest absolute Gasteiger partial charge is 0.123 e. The minimum absolute atomic E-state index is 0.598. The van der Waals surface area contributed by atoms with Gasteiger partial charge in [-0.25, -0.2) is 0 Å². The van der Waals surface area contributed by atoms with Crippen LogP contribution < -0.4 is 4.74 Å². The predicted octanol–water partition coefficient (Wildman–Crippen LogP) is 2.67. The van der Waals surface area contributed by atoms with Crippen LogP contribution in [0.3, 0.4) is 0 Å². The van der Waals surface area contributed by atoms with Gasteiger partial charge in [-0.05, 0) is 36.5 Å². The molecule has 0 radical (unpaired) electrons. The predicted molar refractivity (Wildman–Crippen MR) is 52.4 cm³/mol. The lowest BCUT2D eigenvalue weighted by atomic mass is 9.99. The van der Waals surface area contributed by atoms with Crippen LogP contribution in [0.4, 0.5) is 0 Å². The van der Waals surface area contributed by atoms with Gasteiger partial charge in [0.15, 0.2) is 0 Å². The van der Waals surface area contributed by atoms with E-state index in [1.807, 2.05) is 0 Å². The maximum absolute atomic E-state index is 5.64. The fourth-order valence-corrected chi connectivity index (χ4v) is 2.44. The van der Waals surface area contributed by atoms with Crippen LogP contribution in [-0.4, -0.2) is 6.61 Å². The van der Waals surface area contributed by atoms with Crippen molar-refractivity contribution in [2.45, 2.75) is 32.1 Å². The molecule has 0 fully saturated rings. The zero-order valence-corrected chi connectivity index (χ0v) is 7.97. The Kier molecular flexibility index (Phi) is 1.43. The van der Waals surface area contributed by atoms with E-state index in [1.165, 1.54) is 30.4 Å². The molecule has 0 bridgehead atoms. The highest BCUT2D eigenvalue weighted by atomic mass is 16.5. The van der Waals surface area contributed by atoms with Crippen LogP contribution in [0.2, 0.25) is 0 Å². The van der Waals surface area contributed by atoms with E-state index < -0.39 is 0 Å². The molecule has 0 saturated heterocycles. The van der Waals surface area contributed by atoms with Crippen LogP contribution in [-0.2, 0) is 12.8 Å². The minimum atomic E-state index is 0.598. The van der Waals surface area contributed by atoms with Crippen molar-refractivity contribution < 1.29 is 4.74 Å². The summed E-state index contributed by atoms with van der Waals surface area (Å²) in [6, 6.07) is 4.64. The van der Waals surface area contributed by atoms with Crippen molar-refractivity contribution in [1.82, 2.24) is 0 Å². The molecular weight excluding hydrogens is 160 g/mol. The molecule has 0 amide bonds. The van der Waals surface area contributed by atoms with Gasteiger partial charge in [-0.2, -0.15) is 0 Å². The molecule has 0 spiro atoms. The second-order valence-corrected chi connectivity index (χ2v) is 4.22. The quantitative estimate of drug-likeness (QED) is 0.587. The van der Waals surface area contributed by atoms with Gasteiger partial charge in [0.25, 0.3) is 0 Å². The zero-order valence-electron chi connectivity index (χ0n) is 7.97. The maximum atomic E-state index is 5.64. The van der Waals surface area contributed by atoms with Crippen molar-refractivity contribution in [2.24, 2.45) is 0 Å². The monoisotopic (exact) mass is 174 g/mol.